The third-order valence-electron chi connectivity index (χ3n) is 6.17. The van der Waals surface area contributed by atoms with Crippen LogP contribution < -0.4 is 9.64 Å². The minimum atomic E-state index is 0.00497. The highest BCUT2D eigenvalue weighted by Gasteiger charge is 2.22. The van der Waals surface area contributed by atoms with Gasteiger partial charge in [0.25, 0.3) is 5.91 Å². The van der Waals surface area contributed by atoms with E-state index in [1.54, 1.807) is 24.3 Å². The molecule has 1 aliphatic carbocycles. The number of benzene rings is 2. The molecule has 0 aromatic heterocycles. The molecule has 1 saturated carbocycles. The SMILES string of the molecule is O=C(COc1ccc(O)cc1)N1CCN(c2ccc(C3CCCCC3)cc2)CC1. The Hall–Kier alpha value is -2.69. The predicted molar refractivity (Wildman–Crippen MR) is 115 cm³/mol. The Labute approximate surface area is 172 Å². The van der Waals surface area contributed by atoms with Gasteiger partial charge in [0.1, 0.15) is 11.5 Å². The highest BCUT2D eigenvalue weighted by Crippen LogP contribution is 2.33. The molecule has 0 atom stereocenters. The summed E-state index contributed by atoms with van der Waals surface area (Å²) >= 11 is 0. The summed E-state index contributed by atoms with van der Waals surface area (Å²) in [5.41, 5.74) is 2.73. The lowest BCUT2D eigenvalue weighted by Gasteiger charge is -2.36. The van der Waals surface area contributed by atoms with E-state index in [9.17, 15) is 9.90 Å². The van der Waals surface area contributed by atoms with Crippen molar-refractivity contribution in [3.8, 4) is 11.5 Å². The largest absolute Gasteiger partial charge is 0.508 e. The minimum Gasteiger partial charge on any atom is -0.508 e. The Balaban J connectivity index is 1.25. The molecule has 2 aromatic carbocycles. The summed E-state index contributed by atoms with van der Waals surface area (Å²) in [4.78, 5) is 16.7. The van der Waals surface area contributed by atoms with Crippen LogP contribution in [0.3, 0.4) is 0 Å². The van der Waals surface area contributed by atoms with Gasteiger partial charge in [-0.2, -0.15) is 0 Å². The van der Waals surface area contributed by atoms with Gasteiger partial charge in [-0.05, 0) is 60.7 Å². The molecule has 2 aromatic rings. The van der Waals surface area contributed by atoms with Gasteiger partial charge in [-0.15, -0.1) is 0 Å². The van der Waals surface area contributed by atoms with Crippen LogP contribution in [-0.2, 0) is 4.79 Å². The van der Waals surface area contributed by atoms with Crippen LogP contribution in [0.2, 0.25) is 0 Å². The number of aromatic hydroxyl groups is 1. The Bertz CT molecular complexity index is 790. The number of ether oxygens (including phenoxy) is 1. The molecule has 1 heterocycles. The van der Waals surface area contributed by atoms with Crippen LogP contribution in [0.5, 0.6) is 11.5 Å². The first kappa shape index (κ1) is 19.6. The summed E-state index contributed by atoms with van der Waals surface area (Å²) < 4.78 is 5.54. The zero-order chi connectivity index (χ0) is 20.1. The molecule has 0 unspecified atom stereocenters. The van der Waals surface area contributed by atoms with E-state index >= 15 is 0 Å². The molecule has 0 bridgehead atoms. The standard InChI is InChI=1S/C24H30N2O3/c27-22-10-12-23(13-11-22)29-18-24(28)26-16-14-25(15-17-26)21-8-6-20(7-9-21)19-4-2-1-3-5-19/h6-13,19,27H,1-5,14-18H2. The zero-order valence-electron chi connectivity index (χ0n) is 16.9. The maximum atomic E-state index is 12.4. The van der Waals surface area contributed by atoms with Gasteiger partial charge in [0, 0.05) is 31.9 Å². The van der Waals surface area contributed by atoms with Crippen LogP contribution in [0.1, 0.15) is 43.6 Å². The average molecular weight is 395 g/mol. The lowest BCUT2D eigenvalue weighted by molar-refractivity contribution is -0.133. The summed E-state index contributed by atoms with van der Waals surface area (Å²) in [5, 5.41) is 9.30. The first-order valence-corrected chi connectivity index (χ1v) is 10.7. The minimum absolute atomic E-state index is 0.00497. The summed E-state index contributed by atoms with van der Waals surface area (Å²) in [6.07, 6.45) is 6.76. The third kappa shape index (κ3) is 5.03. The van der Waals surface area contributed by atoms with Crippen molar-refractivity contribution in [2.75, 3.05) is 37.7 Å². The van der Waals surface area contributed by atoms with Gasteiger partial charge >= 0.3 is 0 Å². The van der Waals surface area contributed by atoms with Crippen LogP contribution in [-0.4, -0.2) is 48.7 Å². The molecule has 1 aliphatic heterocycles. The lowest BCUT2D eigenvalue weighted by Crippen LogP contribution is -2.50. The van der Waals surface area contributed by atoms with Crippen LogP contribution in [0.4, 0.5) is 5.69 Å². The number of piperazine rings is 1. The molecule has 29 heavy (non-hydrogen) atoms. The van der Waals surface area contributed by atoms with Crippen LogP contribution in [0, 0.1) is 0 Å². The van der Waals surface area contributed by atoms with E-state index in [-0.39, 0.29) is 18.3 Å². The van der Waals surface area contributed by atoms with Crippen molar-refractivity contribution in [2.45, 2.75) is 38.0 Å². The molecular formula is C24H30N2O3. The molecular weight excluding hydrogens is 364 g/mol. The number of nitrogens with zero attached hydrogens (tertiary/aromatic N) is 2. The predicted octanol–water partition coefficient (Wildman–Crippen LogP) is 4.17. The highest BCUT2D eigenvalue weighted by molar-refractivity contribution is 5.78. The second-order valence-corrected chi connectivity index (χ2v) is 8.08. The zero-order valence-corrected chi connectivity index (χ0v) is 16.9. The maximum absolute atomic E-state index is 12.4. The van der Waals surface area contributed by atoms with Gasteiger partial charge < -0.3 is 19.6 Å². The van der Waals surface area contributed by atoms with Crippen molar-refractivity contribution in [1.29, 1.82) is 0 Å². The van der Waals surface area contributed by atoms with Gasteiger partial charge in [0.2, 0.25) is 0 Å². The van der Waals surface area contributed by atoms with Crippen LogP contribution in [0.25, 0.3) is 0 Å². The Kier molecular flexibility index (Phi) is 6.23. The number of phenols is 1. The van der Waals surface area contributed by atoms with Crippen molar-refractivity contribution < 1.29 is 14.6 Å². The summed E-state index contributed by atoms with van der Waals surface area (Å²) in [7, 11) is 0. The Morgan fingerprint density at radius 3 is 2.21 bits per heavy atom. The summed E-state index contributed by atoms with van der Waals surface area (Å²) in [6, 6.07) is 15.5. The van der Waals surface area contributed by atoms with E-state index in [2.05, 4.69) is 29.2 Å². The Morgan fingerprint density at radius 2 is 1.55 bits per heavy atom. The number of amides is 1. The van der Waals surface area contributed by atoms with Crippen molar-refractivity contribution in [2.24, 2.45) is 0 Å². The molecule has 5 nitrogen and oxygen atoms in total. The monoisotopic (exact) mass is 394 g/mol. The fraction of sp³-hybridized carbons (Fsp3) is 0.458. The third-order valence-corrected chi connectivity index (χ3v) is 6.17. The molecule has 1 N–H and O–H groups in total. The molecule has 154 valence electrons. The Morgan fingerprint density at radius 1 is 0.897 bits per heavy atom. The van der Waals surface area contributed by atoms with Crippen molar-refractivity contribution >= 4 is 11.6 Å². The van der Waals surface area contributed by atoms with E-state index in [0.29, 0.717) is 18.8 Å². The molecule has 1 saturated heterocycles. The number of hydrogen-bond acceptors (Lipinski definition) is 4. The lowest BCUT2D eigenvalue weighted by atomic mass is 9.84. The number of phenolic OH excluding ortho intramolecular Hbond substituents is 1. The van der Waals surface area contributed by atoms with Gasteiger partial charge in [-0.25, -0.2) is 0 Å². The maximum Gasteiger partial charge on any atom is 0.260 e. The quantitative estimate of drug-likeness (QED) is 0.827. The molecule has 0 spiro atoms. The fourth-order valence-electron chi connectivity index (χ4n) is 4.39. The second kappa shape index (κ2) is 9.21. The molecule has 0 radical (unpaired) electrons. The normalized spacial score (nSPS) is 17.9. The summed E-state index contributed by atoms with van der Waals surface area (Å²) in [6.45, 7) is 3.13. The molecule has 4 rings (SSSR count). The van der Waals surface area contributed by atoms with Crippen molar-refractivity contribution in [1.82, 2.24) is 4.90 Å². The van der Waals surface area contributed by atoms with E-state index < -0.39 is 0 Å². The van der Waals surface area contributed by atoms with Crippen LogP contribution in [0.15, 0.2) is 48.5 Å². The van der Waals surface area contributed by atoms with Crippen molar-refractivity contribution in [3.05, 3.63) is 54.1 Å². The number of carbonyl (C=O) groups is 1. The smallest absolute Gasteiger partial charge is 0.260 e. The van der Waals surface area contributed by atoms with E-state index in [0.717, 1.165) is 19.0 Å². The topological polar surface area (TPSA) is 53.0 Å². The highest BCUT2D eigenvalue weighted by atomic mass is 16.5. The van der Waals surface area contributed by atoms with Gasteiger partial charge in [-0.1, -0.05) is 31.4 Å². The molecule has 5 heteroatoms. The van der Waals surface area contributed by atoms with Crippen LogP contribution >= 0.6 is 0 Å². The summed E-state index contributed by atoms with van der Waals surface area (Å²) in [5.74, 6) is 1.52. The second-order valence-electron chi connectivity index (χ2n) is 8.08. The van der Waals surface area contributed by atoms with E-state index in [1.165, 1.54) is 43.4 Å². The molecule has 2 fully saturated rings. The van der Waals surface area contributed by atoms with Gasteiger partial charge in [0.05, 0.1) is 0 Å². The fourth-order valence-corrected chi connectivity index (χ4v) is 4.39. The average Bonchev–Trinajstić information content (AvgIpc) is 2.79. The number of rotatable bonds is 5. The van der Waals surface area contributed by atoms with Crippen molar-refractivity contribution in [3.63, 3.8) is 0 Å². The number of hydrogen-bond donors (Lipinski definition) is 1. The number of anilines is 1. The van der Waals surface area contributed by atoms with E-state index in [4.69, 9.17) is 4.74 Å². The first-order valence-electron chi connectivity index (χ1n) is 10.7. The first-order chi connectivity index (χ1) is 14.2. The molecule has 1 amide bonds. The van der Waals surface area contributed by atoms with Gasteiger partial charge in [0.15, 0.2) is 6.61 Å². The van der Waals surface area contributed by atoms with Gasteiger partial charge in [-0.3, -0.25) is 4.79 Å². The molecule has 2 aliphatic rings. The van der Waals surface area contributed by atoms with E-state index in [1.807, 2.05) is 4.90 Å². The number of carbonyl (C=O) groups excluding carboxylic acids is 1.